The molecule has 3 heteroatoms. The van der Waals surface area contributed by atoms with Crippen molar-refractivity contribution < 1.29 is 0 Å². The molecule has 3 atom stereocenters. The van der Waals surface area contributed by atoms with Crippen LogP contribution in [0.5, 0.6) is 0 Å². The van der Waals surface area contributed by atoms with Gasteiger partial charge in [-0.25, -0.2) is 0 Å². The van der Waals surface area contributed by atoms with E-state index in [4.69, 9.17) is 5.73 Å². The minimum Gasteiger partial charge on any atom is -0.329 e. The maximum Gasteiger partial charge on any atom is 0.0335 e. The molecular formula is C14H30N2S. The summed E-state index contributed by atoms with van der Waals surface area (Å²) in [6, 6.07) is 0.682. The first-order valence-corrected chi connectivity index (χ1v) is 8.29. The molecule has 1 rings (SSSR count). The molecule has 0 aromatic rings. The van der Waals surface area contributed by atoms with Gasteiger partial charge in [0.1, 0.15) is 0 Å². The van der Waals surface area contributed by atoms with Gasteiger partial charge in [0.05, 0.1) is 0 Å². The van der Waals surface area contributed by atoms with Gasteiger partial charge in [-0.1, -0.05) is 27.2 Å². The maximum atomic E-state index is 6.17. The molecule has 0 bridgehead atoms. The summed E-state index contributed by atoms with van der Waals surface area (Å²) in [5.41, 5.74) is 6.41. The number of rotatable bonds is 6. The second-order valence-electron chi connectivity index (χ2n) is 5.62. The second-order valence-corrected chi connectivity index (χ2v) is 6.77. The Morgan fingerprint density at radius 2 is 2.18 bits per heavy atom. The van der Waals surface area contributed by atoms with Crippen molar-refractivity contribution in [3.8, 4) is 0 Å². The molecule has 0 aliphatic carbocycles. The Kier molecular flexibility index (Phi) is 6.32. The molecule has 17 heavy (non-hydrogen) atoms. The summed E-state index contributed by atoms with van der Waals surface area (Å²) in [7, 11) is 0. The quantitative estimate of drug-likeness (QED) is 0.794. The van der Waals surface area contributed by atoms with Gasteiger partial charge in [-0.05, 0) is 25.7 Å². The van der Waals surface area contributed by atoms with E-state index in [1.165, 1.54) is 37.3 Å². The predicted octanol–water partition coefficient (Wildman–Crippen LogP) is 2.97. The zero-order valence-electron chi connectivity index (χ0n) is 12.0. The molecule has 1 saturated heterocycles. The summed E-state index contributed by atoms with van der Waals surface area (Å²) in [6.07, 6.45) is 3.70. The molecule has 1 heterocycles. The molecule has 2 nitrogen and oxygen atoms in total. The first kappa shape index (κ1) is 15.3. The van der Waals surface area contributed by atoms with Gasteiger partial charge in [-0.3, -0.25) is 4.90 Å². The van der Waals surface area contributed by atoms with Crippen LogP contribution in [0.2, 0.25) is 0 Å². The minimum absolute atomic E-state index is 0.246. The summed E-state index contributed by atoms with van der Waals surface area (Å²) in [5, 5.41) is 0. The average molecular weight is 258 g/mol. The fourth-order valence-corrected chi connectivity index (χ4v) is 4.05. The highest BCUT2D eigenvalue weighted by atomic mass is 32.2. The summed E-state index contributed by atoms with van der Waals surface area (Å²) in [5.74, 6) is 3.31. The van der Waals surface area contributed by atoms with Gasteiger partial charge in [0, 0.05) is 36.2 Å². The fraction of sp³-hybridized carbons (Fsp3) is 1.00. The standard InChI is InChI=1S/C14H30N2S/c1-5-12(3)9-14(6-2,11-15)16-7-8-17-10-13(16)4/h12-13H,5-11,15H2,1-4H3. The molecule has 0 aromatic carbocycles. The minimum atomic E-state index is 0.246. The normalized spacial score (nSPS) is 27.7. The Hall–Kier alpha value is 0.270. The maximum absolute atomic E-state index is 6.17. The lowest BCUT2D eigenvalue weighted by Gasteiger charge is -2.49. The zero-order valence-corrected chi connectivity index (χ0v) is 12.9. The van der Waals surface area contributed by atoms with Crippen molar-refractivity contribution in [2.45, 2.75) is 58.5 Å². The molecule has 1 fully saturated rings. The third-order valence-electron chi connectivity index (χ3n) is 4.44. The second kappa shape index (κ2) is 7.01. The van der Waals surface area contributed by atoms with E-state index in [9.17, 15) is 0 Å². The third-order valence-corrected chi connectivity index (χ3v) is 5.63. The van der Waals surface area contributed by atoms with E-state index in [1.54, 1.807) is 0 Å². The number of hydrogen-bond acceptors (Lipinski definition) is 3. The van der Waals surface area contributed by atoms with Crippen LogP contribution in [0.1, 0.15) is 47.0 Å². The Balaban J connectivity index is 2.80. The highest BCUT2D eigenvalue weighted by molar-refractivity contribution is 7.99. The van der Waals surface area contributed by atoms with Crippen LogP contribution < -0.4 is 5.73 Å². The molecule has 2 N–H and O–H groups in total. The Bertz CT molecular complexity index is 216. The van der Waals surface area contributed by atoms with Gasteiger partial charge < -0.3 is 5.73 Å². The number of thioether (sulfide) groups is 1. The summed E-state index contributed by atoms with van der Waals surface area (Å²) >= 11 is 2.09. The number of nitrogens with zero attached hydrogens (tertiary/aromatic N) is 1. The van der Waals surface area contributed by atoms with Crippen LogP contribution >= 0.6 is 11.8 Å². The zero-order chi connectivity index (χ0) is 12.9. The number of hydrogen-bond donors (Lipinski definition) is 1. The molecule has 1 aliphatic rings. The molecular weight excluding hydrogens is 228 g/mol. The van der Waals surface area contributed by atoms with Crippen LogP contribution in [0.15, 0.2) is 0 Å². The smallest absolute Gasteiger partial charge is 0.0335 e. The monoisotopic (exact) mass is 258 g/mol. The SMILES string of the molecule is CCC(C)CC(CC)(CN)N1CCSCC1C. The number of nitrogens with two attached hydrogens (primary N) is 1. The predicted molar refractivity (Wildman–Crippen MR) is 79.6 cm³/mol. The molecule has 0 spiro atoms. The van der Waals surface area contributed by atoms with Crippen LogP contribution in [0.25, 0.3) is 0 Å². The van der Waals surface area contributed by atoms with Crippen LogP contribution in [-0.4, -0.2) is 41.1 Å². The largest absolute Gasteiger partial charge is 0.329 e. The average Bonchev–Trinajstić information content (AvgIpc) is 2.36. The van der Waals surface area contributed by atoms with E-state index in [-0.39, 0.29) is 5.54 Å². The molecule has 0 amide bonds. The van der Waals surface area contributed by atoms with Crippen molar-refractivity contribution in [1.82, 2.24) is 4.90 Å². The van der Waals surface area contributed by atoms with Gasteiger partial charge in [0.2, 0.25) is 0 Å². The van der Waals surface area contributed by atoms with Crippen LogP contribution in [0.3, 0.4) is 0 Å². The van der Waals surface area contributed by atoms with Crippen molar-refractivity contribution in [2.75, 3.05) is 24.6 Å². The van der Waals surface area contributed by atoms with E-state index < -0.39 is 0 Å². The van der Waals surface area contributed by atoms with Gasteiger partial charge in [-0.2, -0.15) is 11.8 Å². The summed E-state index contributed by atoms with van der Waals surface area (Å²) in [4.78, 5) is 2.70. The highest BCUT2D eigenvalue weighted by Gasteiger charge is 2.38. The molecule has 1 aliphatic heterocycles. The third kappa shape index (κ3) is 3.62. The molecule has 0 radical (unpaired) electrons. The van der Waals surface area contributed by atoms with E-state index in [2.05, 4.69) is 44.4 Å². The van der Waals surface area contributed by atoms with E-state index in [0.717, 1.165) is 12.5 Å². The van der Waals surface area contributed by atoms with Crippen molar-refractivity contribution in [3.05, 3.63) is 0 Å². The highest BCUT2D eigenvalue weighted by Crippen LogP contribution is 2.33. The van der Waals surface area contributed by atoms with Crippen LogP contribution in [0, 0.1) is 5.92 Å². The fourth-order valence-electron chi connectivity index (χ4n) is 3.03. The van der Waals surface area contributed by atoms with Gasteiger partial charge in [0.15, 0.2) is 0 Å². The van der Waals surface area contributed by atoms with Crippen LogP contribution in [0.4, 0.5) is 0 Å². The first-order chi connectivity index (χ1) is 8.09. The molecule has 0 saturated carbocycles. The Morgan fingerprint density at radius 1 is 1.47 bits per heavy atom. The Morgan fingerprint density at radius 3 is 2.65 bits per heavy atom. The van der Waals surface area contributed by atoms with E-state index >= 15 is 0 Å². The van der Waals surface area contributed by atoms with Gasteiger partial charge in [0.25, 0.3) is 0 Å². The topological polar surface area (TPSA) is 29.3 Å². The first-order valence-electron chi connectivity index (χ1n) is 7.14. The van der Waals surface area contributed by atoms with Crippen molar-refractivity contribution >= 4 is 11.8 Å². The molecule has 3 unspecified atom stereocenters. The lowest BCUT2D eigenvalue weighted by molar-refractivity contribution is 0.0426. The molecule has 0 aromatic heterocycles. The van der Waals surface area contributed by atoms with Gasteiger partial charge in [-0.15, -0.1) is 0 Å². The van der Waals surface area contributed by atoms with Crippen molar-refractivity contribution in [3.63, 3.8) is 0 Å². The van der Waals surface area contributed by atoms with Crippen LogP contribution in [-0.2, 0) is 0 Å². The lowest BCUT2D eigenvalue weighted by Crippen LogP contribution is -2.60. The molecule has 102 valence electrons. The Labute approximate surface area is 112 Å². The van der Waals surface area contributed by atoms with Crippen molar-refractivity contribution in [1.29, 1.82) is 0 Å². The summed E-state index contributed by atoms with van der Waals surface area (Å²) < 4.78 is 0. The summed E-state index contributed by atoms with van der Waals surface area (Å²) in [6.45, 7) is 11.4. The van der Waals surface area contributed by atoms with Gasteiger partial charge >= 0.3 is 0 Å². The van der Waals surface area contributed by atoms with Crippen molar-refractivity contribution in [2.24, 2.45) is 11.7 Å². The lowest BCUT2D eigenvalue weighted by atomic mass is 9.82. The van der Waals surface area contributed by atoms with E-state index in [1.807, 2.05) is 0 Å². The van der Waals surface area contributed by atoms with E-state index in [0.29, 0.717) is 6.04 Å².